The van der Waals surface area contributed by atoms with E-state index < -0.39 is 17.6 Å². The summed E-state index contributed by atoms with van der Waals surface area (Å²) in [5.41, 5.74) is 1.08. The molecule has 0 atom stereocenters. The Hall–Kier alpha value is -2.75. The summed E-state index contributed by atoms with van der Waals surface area (Å²) in [6.07, 6.45) is -4.44. The Morgan fingerprint density at radius 3 is 2.39 bits per heavy atom. The minimum Gasteiger partial charge on any atom is -0.379 e. The largest absolute Gasteiger partial charge is 0.416 e. The number of amides is 1. The monoisotopic (exact) mass is 447 g/mol. The molecule has 1 fully saturated rings. The van der Waals surface area contributed by atoms with E-state index in [0.717, 1.165) is 41.4 Å². The van der Waals surface area contributed by atoms with Gasteiger partial charge >= 0.3 is 6.18 Å². The molecule has 1 aromatic heterocycles. The fourth-order valence-electron chi connectivity index (χ4n) is 3.28. The Bertz CT molecular complexity index is 1030. The molecule has 5 nitrogen and oxygen atoms in total. The summed E-state index contributed by atoms with van der Waals surface area (Å²) in [4.78, 5) is 20.5. The number of carbonyl (C=O) groups is 1. The smallest absolute Gasteiger partial charge is 0.379 e. The van der Waals surface area contributed by atoms with E-state index in [-0.39, 0.29) is 5.56 Å². The number of hydrogen-bond acceptors (Lipinski definition) is 5. The SMILES string of the molecule is O=C(Nc1nc(-c2ccccc2)c(CN2CCOCC2)s1)c1ccc(C(F)(F)F)cc1. The number of carbonyl (C=O) groups excluding carboxylic acids is 1. The number of anilines is 1. The lowest BCUT2D eigenvalue weighted by molar-refractivity contribution is -0.137. The zero-order valence-electron chi connectivity index (χ0n) is 16.5. The van der Waals surface area contributed by atoms with Crippen LogP contribution in [0.2, 0.25) is 0 Å². The fourth-order valence-corrected chi connectivity index (χ4v) is 4.30. The van der Waals surface area contributed by atoms with Crippen LogP contribution in [0.4, 0.5) is 18.3 Å². The lowest BCUT2D eigenvalue weighted by atomic mass is 10.1. The number of rotatable bonds is 5. The number of alkyl halides is 3. The molecular weight excluding hydrogens is 427 g/mol. The molecule has 0 unspecified atom stereocenters. The Morgan fingerprint density at radius 2 is 1.74 bits per heavy atom. The van der Waals surface area contributed by atoms with Crippen molar-refractivity contribution in [2.24, 2.45) is 0 Å². The number of ether oxygens (including phenoxy) is 1. The number of nitrogens with zero attached hydrogens (tertiary/aromatic N) is 2. The first kappa shape index (κ1) is 21.5. The zero-order chi connectivity index (χ0) is 21.8. The van der Waals surface area contributed by atoms with Crippen LogP contribution >= 0.6 is 11.3 Å². The molecule has 0 aliphatic carbocycles. The van der Waals surface area contributed by atoms with Gasteiger partial charge in [0.2, 0.25) is 0 Å². The highest BCUT2D eigenvalue weighted by Gasteiger charge is 2.30. The van der Waals surface area contributed by atoms with Gasteiger partial charge in [-0.05, 0) is 24.3 Å². The van der Waals surface area contributed by atoms with Crippen LogP contribution in [-0.4, -0.2) is 42.1 Å². The molecule has 1 amide bonds. The molecular formula is C22H20F3N3O2S. The molecule has 1 saturated heterocycles. The Kier molecular flexibility index (Phi) is 6.35. The molecule has 3 aromatic rings. The molecule has 162 valence electrons. The van der Waals surface area contributed by atoms with E-state index in [2.05, 4.69) is 15.2 Å². The Labute approximate surface area is 181 Å². The predicted octanol–water partition coefficient (Wildman–Crippen LogP) is 4.91. The average molecular weight is 447 g/mol. The van der Waals surface area contributed by atoms with Crippen LogP contribution in [0.3, 0.4) is 0 Å². The van der Waals surface area contributed by atoms with Gasteiger partial charge in [0.15, 0.2) is 5.13 Å². The predicted molar refractivity (Wildman–Crippen MR) is 113 cm³/mol. The van der Waals surface area contributed by atoms with E-state index in [1.54, 1.807) is 0 Å². The minimum absolute atomic E-state index is 0.138. The van der Waals surface area contributed by atoms with E-state index in [0.29, 0.717) is 24.9 Å². The molecule has 0 radical (unpaired) electrons. The second-order valence-electron chi connectivity index (χ2n) is 7.07. The quantitative estimate of drug-likeness (QED) is 0.604. The van der Waals surface area contributed by atoms with Crippen LogP contribution in [-0.2, 0) is 17.5 Å². The second kappa shape index (κ2) is 9.17. The lowest BCUT2D eigenvalue weighted by Gasteiger charge is -2.26. The van der Waals surface area contributed by atoms with Gasteiger partial charge in [0.05, 0.1) is 24.5 Å². The maximum Gasteiger partial charge on any atom is 0.416 e. The zero-order valence-corrected chi connectivity index (χ0v) is 17.3. The molecule has 0 saturated carbocycles. The van der Waals surface area contributed by atoms with Gasteiger partial charge in [0.25, 0.3) is 5.91 Å². The summed E-state index contributed by atoms with van der Waals surface area (Å²) < 4.78 is 43.7. The van der Waals surface area contributed by atoms with Crippen LogP contribution in [0.25, 0.3) is 11.3 Å². The summed E-state index contributed by atoms with van der Waals surface area (Å²) in [6, 6.07) is 13.8. The second-order valence-corrected chi connectivity index (χ2v) is 8.16. The van der Waals surface area contributed by atoms with Gasteiger partial charge in [0.1, 0.15) is 0 Å². The van der Waals surface area contributed by atoms with Gasteiger partial charge < -0.3 is 4.74 Å². The van der Waals surface area contributed by atoms with Crippen LogP contribution in [0, 0.1) is 0 Å². The number of halogens is 3. The van der Waals surface area contributed by atoms with Gasteiger partial charge in [-0.2, -0.15) is 13.2 Å². The summed E-state index contributed by atoms with van der Waals surface area (Å²) in [5, 5.41) is 3.14. The van der Waals surface area contributed by atoms with E-state index >= 15 is 0 Å². The highest BCUT2D eigenvalue weighted by molar-refractivity contribution is 7.16. The first-order valence-corrected chi connectivity index (χ1v) is 10.6. The van der Waals surface area contributed by atoms with Crippen LogP contribution in [0.15, 0.2) is 54.6 Å². The molecule has 1 aliphatic rings. The molecule has 2 heterocycles. The number of benzene rings is 2. The van der Waals surface area contributed by atoms with Crippen molar-refractivity contribution in [3.05, 3.63) is 70.6 Å². The van der Waals surface area contributed by atoms with Gasteiger partial charge in [-0.3, -0.25) is 15.0 Å². The normalized spacial score (nSPS) is 15.1. The molecule has 0 bridgehead atoms. The molecule has 4 rings (SSSR count). The van der Waals surface area contributed by atoms with Crippen molar-refractivity contribution in [1.82, 2.24) is 9.88 Å². The van der Waals surface area contributed by atoms with Crippen molar-refractivity contribution >= 4 is 22.4 Å². The third kappa shape index (κ3) is 5.30. The van der Waals surface area contributed by atoms with Crippen molar-refractivity contribution in [3.8, 4) is 11.3 Å². The molecule has 2 aromatic carbocycles. The maximum atomic E-state index is 12.7. The van der Waals surface area contributed by atoms with Gasteiger partial charge in [-0.15, -0.1) is 0 Å². The number of nitrogens with one attached hydrogen (secondary N) is 1. The van der Waals surface area contributed by atoms with E-state index in [1.807, 2.05) is 30.3 Å². The van der Waals surface area contributed by atoms with Crippen LogP contribution in [0.1, 0.15) is 20.8 Å². The summed E-state index contributed by atoms with van der Waals surface area (Å²) in [7, 11) is 0. The van der Waals surface area contributed by atoms with Crippen molar-refractivity contribution in [3.63, 3.8) is 0 Å². The lowest BCUT2D eigenvalue weighted by Crippen LogP contribution is -2.35. The third-order valence-electron chi connectivity index (χ3n) is 4.91. The topological polar surface area (TPSA) is 54.5 Å². The standard InChI is InChI=1S/C22H20F3N3O2S/c23-22(24,25)17-8-6-16(7-9-17)20(29)27-21-26-19(15-4-2-1-3-5-15)18(31-21)14-28-10-12-30-13-11-28/h1-9H,10-14H2,(H,26,27,29). The van der Waals surface area contributed by atoms with Crippen molar-refractivity contribution < 1.29 is 22.7 Å². The van der Waals surface area contributed by atoms with Gasteiger partial charge in [-0.25, -0.2) is 4.98 Å². The highest BCUT2D eigenvalue weighted by Crippen LogP contribution is 2.33. The highest BCUT2D eigenvalue weighted by atomic mass is 32.1. The maximum absolute atomic E-state index is 12.7. The molecule has 31 heavy (non-hydrogen) atoms. The first-order chi connectivity index (χ1) is 14.9. The third-order valence-corrected chi connectivity index (χ3v) is 5.87. The summed E-state index contributed by atoms with van der Waals surface area (Å²) >= 11 is 1.37. The summed E-state index contributed by atoms with van der Waals surface area (Å²) in [5.74, 6) is -0.500. The number of morpholine rings is 1. The van der Waals surface area contributed by atoms with Gasteiger partial charge in [0, 0.05) is 35.6 Å². The molecule has 0 spiro atoms. The fraction of sp³-hybridized carbons (Fsp3) is 0.273. The van der Waals surface area contributed by atoms with Crippen molar-refractivity contribution in [2.75, 3.05) is 31.6 Å². The van der Waals surface area contributed by atoms with E-state index in [4.69, 9.17) is 4.74 Å². The Balaban J connectivity index is 1.55. The number of aromatic nitrogens is 1. The molecule has 1 N–H and O–H groups in total. The van der Waals surface area contributed by atoms with E-state index in [9.17, 15) is 18.0 Å². The first-order valence-electron chi connectivity index (χ1n) is 9.74. The van der Waals surface area contributed by atoms with E-state index in [1.165, 1.54) is 23.5 Å². The molecule has 1 aliphatic heterocycles. The summed E-state index contributed by atoms with van der Waals surface area (Å²) in [6.45, 7) is 3.67. The molecule has 9 heteroatoms. The van der Waals surface area contributed by atoms with Crippen LogP contribution < -0.4 is 5.32 Å². The van der Waals surface area contributed by atoms with Crippen molar-refractivity contribution in [2.45, 2.75) is 12.7 Å². The number of hydrogen-bond donors (Lipinski definition) is 1. The number of thiazole rings is 1. The average Bonchev–Trinajstić information content (AvgIpc) is 3.16. The van der Waals surface area contributed by atoms with Crippen molar-refractivity contribution in [1.29, 1.82) is 0 Å². The van der Waals surface area contributed by atoms with Crippen LogP contribution in [0.5, 0.6) is 0 Å². The van der Waals surface area contributed by atoms with Gasteiger partial charge in [-0.1, -0.05) is 41.7 Å². The minimum atomic E-state index is -4.44. The Morgan fingerprint density at radius 1 is 1.06 bits per heavy atom.